The van der Waals surface area contributed by atoms with Gasteiger partial charge in [0.1, 0.15) is 16.2 Å². The number of nitrogens with two attached hydrogens (primary N) is 1. The van der Waals surface area contributed by atoms with Gasteiger partial charge in [0.2, 0.25) is 5.88 Å². The van der Waals surface area contributed by atoms with E-state index in [2.05, 4.69) is 15.4 Å². The van der Waals surface area contributed by atoms with Gasteiger partial charge in [-0.05, 0) is 12.8 Å². The molecule has 0 aromatic carbocycles. The number of nitrogens with one attached hydrogen (secondary N) is 1. The average molecular weight is 288 g/mol. The number of nitrogens with zero attached hydrogens (tertiary/aromatic N) is 2. The van der Waals surface area contributed by atoms with E-state index in [1.165, 1.54) is 13.4 Å². The highest BCUT2D eigenvalue weighted by Gasteiger charge is 2.14. The number of hydrogen-bond donors (Lipinski definition) is 2. The van der Waals surface area contributed by atoms with Crippen LogP contribution in [0.3, 0.4) is 0 Å². The van der Waals surface area contributed by atoms with Crippen LogP contribution < -0.4 is 16.0 Å². The number of ether oxygens (including phenoxy) is 1. The number of aromatic nitrogens is 2. The van der Waals surface area contributed by atoms with Crippen molar-refractivity contribution in [2.24, 2.45) is 5.84 Å². The van der Waals surface area contributed by atoms with Gasteiger partial charge < -0.3 is 4.74 Å². The maximum absolute atomic E-state index is 11.4. The molecule has 0 saturated carbocycles. The first-order valence-electron chi connectivity index (χ1n) is 6.05. The quantitative estimate of drug-likeness (QED) is 0.520. The summed E-state index contributed by atoms with van der Waals surface area (Å²) in [7, 11) is -1.43. The van der Waals surface area contributed by atoms with E-state index in [1.54, 1.807) is 13.0 Å². The van der Waals surface area contributed by atoms with Crippen LogP contribution in [0.4, 0.5) is 0 Å². The molecule has 19 heavy (non-hydrogen) atoms. The second-order valence-corrected chi connectivity index (χ2v) is 6.56. The zero-order valence-electron chi connectivity index (χ0n) is 11.2. The largest absolute Gasteiger partial charge is 0.481 e. The number of hydrogen-bond acceptors (Lipinski definition) is 7. The molecule has 108 valence electrons. The highest BCUT2D eigenvalue weighted by Crippen LogP contribution is 2.18. The van der Waals surface area contributed by atoms with Gasteiger partial charge in [0, 0.05) is 11.8 Å². The van der Waals surface area contributed by atoms with Crippen LogP contribution in [0.25, 0.3) is 0 Å². The van der Waals surface area contributed by atoms with Crippen LogP contribution in [-0.2, 0) is 9.84 Å². The van der Waals surface area contributed by atoms with Gasteiger partial charge in [-0.2, -0.15) is 0 Å². The predicted octanol–water partition coefficient (Wildman–Crippen LogP) is 0.205. The SMILES string of the molecule is CCS(=O)(=O)CCCC(NN)c1cc(OC)ncn1. The summed E-state index contributed by atoms with van der Waals surface area (Å²) >= 11 is 0. The lowest BCUT2D eigenvalue weighted by atomic mass is 10.1. The molecule has 0 fully saturated rings. The van der Waals surface area contributed by atoms with Crippen molar-refractivity contribution in [1.82, 2.24) is 15.4 Å². The van der Waals surface area contributed by atoms with Crippen LogP contribution in [-0.4, -0.2) is 37.0 Å². The lowest BCUT2D eigenvalue weighted by molar-refractivity contribution is 0.393. The summed E-state index contributed by atoms with van der Waals surface area (Å²) in [4.78, 5) is 8.02. The van der Waals surface area contributed by atoms with Crippen molar-refractivity contribution in [3.8, 4) is 5.88 Å². The third-order valence-electron chi connectivity index (χ3n) is 2.82. The molecule has 0 aliphatic carbocycles. The highest BCUT2D eigenvalue weighted by molar-refractivity contribution is 7.91. The second-order valence-electron chi connectivity index (χ2n) is 4.08. The van der Waals surface area contributed by atoms with Gasteiger partial charge in [0.05, 0.1) is 24.6 Å². The third kappa shape index (κ3) is 5.09. The first-order chi connectivity index (χ1) is 9.02. The van der Waals surface area contributed by atoms with Crippen LogP contribution in [0.5, 0.6) is 5.88 Å². The first kappa shape index (κ1) is 15.8. The lowest BCUT2D eigenvalue weighted by Gasteiger charge is -2.15. The van der Waals surface area contributed by atoms with E-state index < -0.39 is 9.84 Å². The summed E-state index contributed by atoms with van der Waals surface area (Å²) in [6.07, 6.45) is 2.49. The molecule has 7 nitrogen and oxygen atoms in total. The maximum atomic E-state index is 11.4. The molecule has 1 unspecified atom stereocenters. The van der Waals surface area contributed by atoms with Gasteiger partial charge in [0.25, 0.3) is 0 Å². The molecule has 8 heteroatoms. The molecule has 0 aliphatic rings. The minimum absolute atomic E-state index is 0.157. The van der Waals surface area contributed by atoms with Crippen molar-refractivity contribution in [2.75, 3.05) is 18.6 Å². The molecule has 0 radical (unpaired) electrons. The van der Waals surface area contributed by atoms with Crippen LogP contribution in [0.2, 0.25) is 0 Å². The zero-order chi connectivity index (χ0) is 14.3. The Bertz CT molecular complexity index is 492. The van der Waals surface area contributed by atoms with Crippen molar-refractivity contribution in [1.29, 1.82) is 0 Å². The van der Waals surface area contributed by atoms with Crippen molar-refractivity contribution >= 4 is 9.84 Å². The molecule has 1 aromatic rings. The topological polar surface area (TPSA) is 107 Å². The van der Waals surface area contributed by atoms with Crippen LogP contribution >= 0.6 is 0 Å². The smallest absolute Gasteiger partial charge is 0.216 e. The minimum atomic E-state index is -2.94. The van der Waals surface area contributed by atoms with Gasteiger partial charge >= 0.3 is 0 Å². The molecule has 0 amide bonds. The predicted molar refractivity (Wildman–Crippen MR) is 72.2 cm³/mol. The molecule has 0 bridgehead atoms. The Morgan fingerprint density at radius 3 is 2.79 bits per heavy atom. The molecule has 3 N–H and O–H groups in total. The molecule has 0 saturated heterocycles. The number of hydrazine groups is 1. The van der Waals surface area contributed by atoms with E-state index >= 15 is 0 Å². The summed E-state index contributed by atoms with van der Waals surface area (Å²) in [6, 6.07) is 1.46. The summed E-state index contributed by atoms with van der Waals surface area (Å²) in [5.41, 5.74) is 3.32. The summed E-state index contributed by atoms with van der Waals surface area (Å²) in [5.74, 6) is 6.25. The molecule has 1 atom stereocenters. The third-order valence-corrected chi connectivity index (χ3v) is 4.61. The van der Waals surface area contributed by atoms with Gasteiger partial charge in [-0.15, -0.1) is 0 Å². The van der Waals surface area contributed by atoms with E-state index in [4.69, 9.17) is 10.6 Å². The summed E-state index contributed by atoms with van der Waals surface area (Å²) < 4.78 is 27.8. The number of sulfone groups is 1. The first-order valence-corrected chi connectivity index (χ1v) is 7.87. The fraction of sp³-hybridized carbons (Fsp3) is 0.636. The molecule has 0 aliphatic heterocycles. The Morgan fingerprint density at radius 1 is 1.47 bits per heavy atom. The van der Waals surface area contributed by atoms with Crippen LogP contribution in [0.15, 0.2) is 12.4 Å². The minimum Gasteiger partial charge on any atom is -0.481 e. The maximum Gasteiger partial charge on any atom is 0.216 e. The van der Waals surface area contributed by atoms with E-state index in [0.717, 1.165) is 0 Å². The van der Waals surface area contributed by atoms with Crippen LogP contribution in [0, 0.1) is 0 Å². The van der Waals surface area contributed by atoms with Crippen molar-refractivity contribution < 1.29 is 13.2 Å². The lowest BCUT2D eigenvalue weighted by Crippen LogP contribution is -2.29. The summed E-state index contributed by atoms with van der Waals surface area (Å²) in [6.45, 7) is 1.64. The molecule has 1 heterocycles. The van der Waals surface area contributed by atoms with E-state index in [0.29, 0.717) is 24.4 Å². The molecular weight excluding hydrogens is 268 g/mol. The van der Waals surface area contributed by atoms with Crippen molar-refractivity contribution in [3.63, 3.8) is 0 Å². The van der Waals surface area contributed by atoms with Gasteiger partial charge in [0.15, 0.2) is 0 Å². The van der Waals surface area contributed by atoms with E-state index in [-0.39, 0.29) is 17.5 Å². The zero-order valence-corrected chi connectivity index (χ0v) is 12.0. The fourth-order valence-electron chi connectivity index (χ4n) is 1.62. The van der Waals surface area contributed by atoms with Crippen LogP contribution in [0.1, 0.15) is 31.5 Å². The second kappa shape index (κ2) is 7.37. The molecule has 1 aromatic heterocycles. The van der Waals surface area contributed by atoms with Crippen molar-refractivity contribution in [3.05, 3.63) is 18.1 Å². The molecule has 0 spiro atoms. The Kier molecular flexibility index (Phi) is 6.13. The Hall–Kier alpha value is -1.25. The standard InChI is InChI=1S/C11H20N4O3S/c1-3-19(16,17)6-4-5-9(15-12)10-7-11(18-2)14-8-13-10/h7-9,15H,3-6,12H2,1-2H3. The average Bonchev–Trinajstić information content (AvgIpc) is 2.43. The van der Waals surface area contributed by atoms with Gasteiger partial charge in [-0.1, -0.05) is 6.92 Å². The number of rotatable bonds is 8. The van der Waals surface area contributed by atoms with E-state index in [9.17, 15) is 8.42 Å². The molecular formula is C11H20N4O3S. The Labute approximate surface area is 113 Å². The van der Waals surface area contributed by atoms with E-state index in [1.807, 2.05) is 0 Å². The Balaban J connectivity index is 2.63. The monoisotopic (exact) mass is 288 g/mol. The molecule has 1 rings (SSSR count). The fourth-order valence-corrected chi connectivity index (χ4v) is 2.52. The van der Waals surface area contributed by atoms with Crippen molar-refractivity contribution in [2.45, 2.75) is 25.8 Å². The normalized spacial score (nSPS) is 13.2. The number of methoxy groups -OCH3 is 1. The van der Waals surface area contributed by atoms with Gasteiger partial charge in [-0.25, -0.2) is 18.4 Å². The Morgan fingerprint density at radius 2 is 2.21 bits per heavy atom. The highest BCUT2D eigenvalue weighted by atomic mass is 32.2. The summed E-state index contributed by atoms with van der Waals surface area (Å²) in [5, 5.41) is 0. The van der Waals surface area contributed by atoms with Gasteiger partial charge in [-0.3, -0.25) is 11.3 Å².